The Morgan fingerprint density at radius 2 is 2.05 bits per heavy atom. The summed E-state index contributed by atoms with van der Waals surface area (Å²) < 4.78 is 26.8. The molecule has 0 unspecified atom stereocenters. The van der Waals surface area contributed by atoms with Gasteiger partial charge in [-0.25, -0.2) is 13.6 Å². The molecular formula is C12H18N2O5S. The SMILES string of the molecule is CCc1ccc(OCCCCS(N)(=O)=O)c([N+](=O)[O-])c1. The first-order valence-electron chi connectivity index (χ1n) is 6.24. The van der Waals surface area contributed by atoms with E-state index in [1.165, 1.54) is 6.07 Å². The van der Waals surface area contributed by atoms with Crippen molar-refractivity contribution in [1.82, 2.24) is 0 Å². The van der Waals surface area contributed by atoms with Crippen LogP contribution in [0.2, 0.25) is 0 Å². The maximum Gasteiger partial charge on any atom is 0.311 e. The van der Waals surface area contributed by atoms with Gasteiger partial charge in [-0.3, -0.25) is 10.1 Å². The van der Waals surface area contributed by atoms with E-state index < -0.39 is 14.9 Å². The largest absolute Gasteiger partial charge is 0.487 e. The zero-order valence-corrected chi connectivity index (χ0v) is 12.1. The highest BCUT2D eigenvalue weighted by molar-refractivity contribution is 7.89. The fourth-order valence-electron chi connectivity index (χ4n) is 1.64. The number of sulfonamides is 1. The van der Waals surface area contributed by atoms with Crippen molar-refractivity contribution in [2.45, 2.75) is 26.2 Å². The Balaban J connectivity index is 2.57. The third-order valence-electron chi connectivity index (χ3n) is 2.71. The molecule has 0 spiro atoms. The van der Waals surface area contributed by atoms with Gasteiger partial charge < -0.3 is 4.74 Å². The van der Waals surface area contributed by atoms with Crippen LogP contribution in [0, 0.1) is 10.1 Å². The lowest BCUT2D eigenvalue weighted by Crippen LogP contribution is -2.16. The zero-order valence-electron chi connectivity index (χ0n) is 11.2. The lowest BCUT2D eigenvalue weighted by molar-refractivity contribution is -0.385. The fourth-order valence-corrected chi connectivity index (χ4v) is 2.24. The number of nitrogens with zero attached hydrogens (tertiary/aromatic N) is 1. The molecule has 112 valence electrons. The van der Waals surface area contributed by atoms with E-state index in [4.69, 9.17) is 9.88 Å². The molecular weight excluding hydrogens is 284 g/mol. The van der Waals surface area contributed by atoms with E-state index in [0.717, 1.165) is 5.56 Å². The number of nitro benzene ring substituents is 1. The Labute approximate surface area is 117 Å². The van der Waals surface area contributed by atoms with Crippen LogP contribution >= 0.6 is 0 Å². The number of rotatable bonds is 8. The summed E-state index contributed by atoms with van der Waals surface area (Å²) in [5.74, 6) is 0.0792. The Morgan fingerprint density at radius 3 is 2.60 bits per heavy atom. The molecule has 0 saturated carbocycles. The molecule has 0 aliphatic carbocycles. The van der Waals surface area contributed by atoms with E-state index in [1.54, 1.807) is 12.1 Å². The van der Waals surface area contributed by atoms with E-state index >= 15 is 0 Å². The minimum absolute atomic E-state index is 0.0733. The number of primary sulfonamides is 1. The fraction of sp³-hybridized carbons (Fsp3) is 0.500. The standard InChI is InChI=1S/C12H18N2O5S/c1-2-10-5-6-12(11(9-10)14(15)16)19-7-3-4-8-20(13,17)18/h5-6,9H,2-4,7-8H2,1H3,(H2,13,17,18). The normalized spacial score (nSPS) is 11.3. The molecule has 0 aromatic heterocycles. The maximum absolute atomic E-state index is 10.9. The summed E-state index contributed by atoms with van der Waals surface area (Å²) in [4.78, 5) is 10.5. The topological polar surface area (TPSA) is 113 Å². The van der Waals surface area contributed by atoms with E-state index in [2.05, 4.69) is 0 Å². The molecule has 0 amide bonds. The van der Waals surface area contributed by atoms with Gasteiger partial charge in [-0.15, -0.1) is 0 Å². The smallest absolute Gasteiger partial charge is 0.311 e. The van der Waals surface area contributed by atoms with Crippen molar-refractivity contribution in [3.8, 4) is 5.75 Å². The van der Waals surface area contributed by atoms with Crippen LogP contribution in [0.5, 0.6) is 5.75 Å². The molecule has 1 aromatic rings. The summed E-state index contributed by atoms with van der Waals surface area (Å²) >= 11 is 0. The molecule has 0 radical (unpaired) electrons. The second-order valence-corrected chi connectivity index (χ2v) is 6.07. The first kappa shape index (κ1) is 16.4. The quantitative estimate of drug-likeness (QED) is 0.445. The number of hydrogen-bond acceptors (Lipinski definition) is 5. The average molecular weight is 302 g/mol. The Kier molecular flexibility index (Phi) is 5.90. The van der Waals surface area contributed by atoms with Gasteiger partial charge in [-0.1, -0.05) is 13.0 Å². The van der Waals surface area contributed by atoms with Gasteiger partial charge in [0.25, 0.3) is 0 Å². The molecule has 2 N–H and O–H groups in total. The van der Waals surface area contributed by atoms with Gasteiger partial charge in [-0.05, 0) is 30.9 Å². The van der Waals surface area contributed by atoms with Crippen molar-refractivity contribution in [3.63, 3.8) is 0 Å². The molecule has 0 saturated heterocycles. The summed E-state index contributed by atoms with van der Waals surface area (Å²) in [6.45, 7) is 2.12. The van der Waals surface area contributed by atoms with Crippen LogP contribution < -0.4 is 9.88 Å². The lowest BCUT2D eigenvalue weighted by atomic mass is 10.1. The number of hydrogen-bond donors (Lipinski definition) is 1. The predicted octanol–water partition coefficient (Wildman–Crippen LogP) is 1.60. The highest BCUT2D eigenvalue weighted by Crippen LogP contribution is 2.28. The number of nitrogens with two attached hydrogens (primary N) is 1. The number of unbranched alkanes of at least 4 members (excludes halogenated alkanes) is 1. The number of benzene rings is 1. The Morgan fingerprint density at radius 1 is 1.35 bits per heavy atom. The molecule has 20 heavy (non-hydrogen) atoms. The molecule has 8 heteroatoms. The van der Waals surface area contributed by atoms with Gasteiger partial charge in [0.2, 0.25) is 10.0 Å². The molecule has 0 aliphatic heterocycles. The molecule has 0 bridgehead atoms. The van der Waals surface area contributed by atoms with Crippen LogP contribution in [0.25, 0.3) is 0 Å². The van der Waals surface area contributed by atoms with Crippen molar-refractivity contribution in [1.29, 1.82) is 0 Å². The molecule has 0 atom stereocenters. The van der Waals surface area contributed by atoms with Gasteiger partial charge >= 0.3 is 5.69 Å². The van der Waals surface area contributed by atoms with Gasteiger partial charge in [0, 0.05) is 6.07 Å². The zero-order chi connectivity index (χ0) is 15.2. The number of ether oxygens (including phenoxy) is 1. The van der Waals surface area contributed by atoms with Crippen LogP contribution in [0.3, 0.4) is 0 Å². The van der Waals surface area contributed by atoms with E-state index in [1.807, 2.05) is 6.92 Å². The van der Waals surface area contributed by atoms with Crippen LogP contribution in [-0.4, -0.2) is 25.7 Å². The highest BCUT2D eigenvalue weighted by atomic mass is 32.2. The minimum atomic E-state index is -3.46. The van der Waals surface area contributed by atoms with Gasteiger partial charge in [-0.2, -0.15) is 0 Å². The Hall–Kier alpha value is -1.67. The number of nitro groups is 1. The first-order chi connectivity index (χ1) is 9.33. The third kappa shape index (κ3) is 5.54. The van der Waals surface area contributed by atoms with Crippen LogP contribution in [0.15, 0.2) is 18.2 Å². The second-order valence-electron chi connectivity index (χ2n) is 4.34. The van der Waals surface area contributed by atoms with Crippen molar-refractivity contribution in [2.24, 2.45) is 5.14 Å². The predicted molar refractivity (Wildman–Crippen MR) is 75.2 cm³/mol. The Bertz CT molecular complexity index is 571. The van der Waals surface area contributed by atoms with Crippen molar-refractivity contribution < 1.29 is 18.1 Å². The first-order valence-corrected chi connectivity index (χ1v) is 7.95. The monoisotopic (exact) mass is 302 g/mol. The molecule has 1 aromatic carbocycles. The highest BCUT2D eigenvalue weighted by Gasteiger charge is 2.15. The molecule has 0 fully saturated rings. The van der Waals surface area contributed by atoms with Crippen molar-refractivity contribution >= 4 is 15.7 Å². The van der Waals surface area contributed by atoms with Crippen LogP contribution in [0.4, 0.5) is 5.69 Å². The van der Waals surface area contributed by atoms with E-state index in [9.17, 15) is 18.5 Å². The third-order valence-corrected chi connectivity index (χ3v) is 3.57. The summed E-state index contributed by atoms with van der Waals surface area (Å²) in [5, 5.41) is 15.8. The summed E-state index contributed by atoms with van der Waals surface area (Å²) in [7, 11) is -3.46. The van der Waals surface area contributed by atoms with Crippen LogP contribution in [0.1, 0.15) is 25.3 Å². The summed E-state index contributed by atoms with van der Waals surface area (Å²) in [6.07, 6.45) is 1.53. The van der Waals surface area contributed by atoms with E-state index in [0.29, 0.717) is 19.3 Å². The molecule has 0 aliphatic rings. The maximum atomic E-state index is 10.9. The van der Waals surface area contributed by atoms with Crippen molar-refractivity contribution in [2.75, 3.05) is 12.4 Å². The van der Waals surface area contributed by atoms with E-state index in [-0.39, 0.29) is 23.8 Å². The molecule has 1 rings (SSSR count). The summed E-state index contributed by atoms with van der Waals surface area (Å²) in [5.41, 5.74) is 0.786. The summed E-state index contributed by atoms with van der Waals surface area (Å²) in [6, 6.07) is 4.82. The van der Waals surface area contributed by atoms with Gasteiger partial charge in [0.1, 0.15) is 0 Å². The number of aryl methyl sites for hydroxylation is 1. The van der Waals surface area contributed by atoms with Crippen molar-refractivity contribution in [3.05, 3.63) is 33.9 Å². The second kappa shape index (κ2) is 7.20. The minimum Gasteiger partial charge on any atom is -0.487 e. The van der Waals surface area contributed by atoms with Crippen LogP contribution in [-0.2, 0) is 16.4 Å². The van der Waals surface area contributed by atoms with Gasteiger partial charge in [0.15, 0.2) is 5.75 Å². The molecule has 7 nitrogen and oxygen atoms in total. The van der Waals surface area contributed by atoms with Gasteiger partial charge in [0.05, 0.1) is 17.3 Å². The molecule has 0 heterocycles. The lowest BCUT2D eigenvalue weighted by Gasteiger charge is -2.07. The average Bonchev–Trinajstić information content (AvgIpc) is 2.37.